The number of ether oxygens (including phenoxy) is 2. The van der Waals surface area contributed by atoms with E-state index in [0.29, 0.717) is 5.56 Å². The number of aliphatic hydroxyl groups excluding tert-OH is 4. The maximum absolute atomic E-state index is 10.4. The van der Waals surface area contributed by atoms with E-state index in [1.807, 2.05) is 12.1 Å². The van der Waals surface area contributed by atoms with Gasteiger partial charge in [-0.15, -0.1) is 0 Å². The quantitative estimate of drug-likeness (QED) is 0.551. The van der Waals surface area contributed by atoms with E-state index in [4.69, 9.17) is 9.47 Å². The van der Waals surface area contributed by atoms with Gasteiger partial charge >= 0.3 is 0 Å². The van der Waals surface area contributed by atoms with Gasteiger partial charge in [-0.3, -0.25) is 0 Å². The van der Waals surface area contributed by atoms with Crippen molar-refractivity contribution in [3.8, 4) is 0 Å². The molecule has 0 bridgehead atoms. The van der Waals surface area contributed by atoms with E-state index in [1.54, 1.807) is 12.1 Å². The van der Waals surface area contributed by atoms with Gasteiger partial charge in [-0.25, -0.2) is 0 Å². The summed E-state index contributed by atoms with van der Waals surface area (Å²) in [7, 11) is -0.120. The molecular weight excluding hydrogens is 316 g/mol. The average molecular weight is 342 g/mol. The molecule has 4 N–H and O–H groups in total. The van der Waals surface area contributed by atoms with Crippen molar-refractivity contribution >= 4 is 13.3 Å². The van der Waals surface area contributed by atoms with Gasteiger partial charge in [0.2, 0.25) is 5.79 Å². The Morgan fingerprint density at radius 1 is 1.09 bits per heavy atom. The standard InChI is InChI=1S/C16H26O6Si/c1-21-16(10-5-7-11(8-6-10)23(2,3)4)15(20)14(19)13(18)12(9-17)22-16/h5-8,12-15,17-20H,9H2,1-4H3/t12-,13-,14+,15-,16+/m1/s1. The molecule has 1 heterocycles. The van der Waals surface area contributed by atoms with Gasteiger partial charge in [0, 0.05) is 12.7 Å². The Balaban J connectivity index is 2.43. The first-order valence-corrected chi connectivity index (χ1v) is 11.2. The first-order chi connectivity index (χ1) is 10.7. The molecule has 1 saturated heterocycles. The number of rotatable bonds is 4. The van der Waals surface area contributed by atoms with Crippen LogP contribution in [0.5, 0.6) is 0 Å². The summed E-state index contributed by atoms with van der Waals surface area (Å²) in [5, 5.41) is 41.0. The molecule has 1 aliphatic heterocycles. The van der Waals surface area contributed by atoms with Gasteiger partial charge in [-0.1, -0.05) is 49.1 Å². The lowest BCUT2D eigenvalue weighted by molar-refractivity contribution is -0.366. The second-order valence-corrected chi connectivity index (χ2v) is 12.0. The van der Waals surface area contributed by atoms with E-state index in [2.05, 4.69) is 19.6 Å². The highest BCUT2D eigenvalue weighted by Gasteiger charge is 2.55. The highest BCUT2D eigenvalue weighted by molar-refractivity contribution is 6.88. The maximum Gasteiger partial charge on any atom is 0.224 e. The number of aliphatic hydroxyl groups is 4. The Morgan fingerprint density at radius 3 is 2.09 bits per heavy atom. The summed E-state index contributed by atoms with van der Waals surface area (Å²) >= 11 is 0. The minimum Gasteiger partial charge on any atom is -0.394 e. The van der Waals surface area contributed by atoms with E-state index in [0.717, 1.165) is 0 Å². The Labute approximate surface area is 137 Å². The second-order valence-electron chi connectivity index (χ2n) is 6.96. The normalized spacial score (nSPS) is 35.3. The fourth-order valence-corrected chi connectivity index (χ4v) is 4.04. The molecule has 0 aliphatic carbocycles. The van der Waals surface area contributed by atoms with Crippen molar-refractivity contribution in [2.45, 2.75) is 49.8 Å². The summed E-state index contributed by atoms with van der Waals surface area (Å²) in [6.07, 6.45) is -5.41. The third kappa shape index (κ3) is 3.23. The number of methoxy groups -OCH3 is 1. The third-order valence-electron chi connectivity index (χ3n) is 4.41. The summed E-state index contributed by atoms with van der Waals surface area (Å²) in [6.45, 7) is 6.18. The molecule has 23 heavy (non-hydrogen) atoms. The smallest absolute Gasteiger partial charge is 0.224 e. The van der Waals surface area contributed by atoms with E-state index < -0.39 is 44.9 Å². The lowest BCUT2D eigenvalue weighted by Crippen LogP contribution is -2.64. The van der Waals surface area contributed by atoms with Gasteiger partial charge in [-0.05, 0) is 0 Å². The molecule has 2 rings (SSSR count). The summed E-state index contributed by atoms with van der Waals surface area (Å²) in [5.74, 6) is -1.63. The summed E-state index contributed by atoms with van der Waals surface area (Å²) < 4.78 is 11.1. The molecule has 130 valence electrons. The Morgan fingerprint density at radius 2 is 1.65 bits per heavy atom. The summed E-state index contributed by atoms with van der Waals surface area (Å²) in [4.78, 5) is 0. The molecule has 1 aromatic rings. The summed E-state index contributed by atoms with van der Waals surface area (Å²) in [5.41, 5.74) is 0.527. The van der Waals surface area contributed by atoms with Crippen LogP contribution >= 0.6 is 0 Å². The van der Waals surface area contributed by atoms with Crippen molar-refractivity contribution in [2.24, 2.45) is 0 Å². The molecule has 0 spiro atoms. The molecule has 1 aliphatic rings. The average Bonchev–Trinajstić information content (AvgIpc) is 2.53. The van der Waals surface area contributed by atoms with E-state index in [1.165, 1.54) is 12.3 Å². The van der Waals surface area contributed by atoms with Gasteiger partial charge in [0.15, 0.2) is 0 Å². The van der Waals surface area contributed by atoms with Crippen LogP contribution in [0.15, 0.2) is 24.3 Å². The first-order valence-electron chi connectivity index (χ1n) is 7.66. The number of benzene rings is 1. The molecule has 0 amide bonds. The topological polar surface area (TPSA) is 99.4 Å². The predicted octanol–water partition coefficient (Wildman–Crippen LogP) is -0.495. The van der Waals surface area contributed by atoms with Crippen LogP contribution < -0.4 is 5.19 Å². The predicted molar refractivity (Wildman–Crippen MR) is 88.1 cm³/mol. The molecule has 1 aromatic carbocycles. The molecular formula is C16H26O6Si. The number of hydrogen-bond donors (Lipinski definition) is 4. The van der Waals surface area contributed by atoms with Crippen LogP contribution in [0, 0.1) is 0 Å². The van der Waals surface area contributed by atoms with Crippen molar-refractivity contribution in [3.63, 3.8) is 0 Å². The number of hydrogen-bond acceptors (Lipinski definition) is 6. The highest BCUT2D eigenvalue weighted by Crippen LogP contribution is 2.38. The van der Waals surface area contributed by atoms with Crippen molar-refractivity contribution in [1.29, 1.82) is 0 Å². The van der Waals surface area contributed by atoms with Gasteiger partial charge in [0.25, 0.3) is 0 Å². The largest absolute Gasteiger partial charge is 0.394 e. The van der Waals surface area contributed by atoms with E-state index >= 15 is 0 Å². The molecule has 6 nitrogen and oxygen atoms in total. The Hall–Kier alpha value is -0.803. The lowest BCUT2D eigenvalue weighted by Gasteiger charge is -2.47. The zero-order valence-electron chi connectivity index (χ0n) is 13.9. The van der Waals surface area contributed by atoms with E-state index in [-0.39, 0.29) is 0 Å². The van der Waals surface area contributed by atoms with Crippen LogP contribution in [0.25, 0.3) is 0 Å². The SMILES string of the molecule is CO[C@@]1(c2ccc([Si](C)(C)C)cc2)O[C@H](CO)[C@@H](O)[C@H](O)[C@H]1O. The molecule has 0 unspecified atom stereocenters. The van der Waals surface area contributed by atoms with Crippen LogP contribution in [0.2, 0.25) is 19.6 Å². The fourth-order valence-electron chi connectivity index (χ4n) is 2.87. The van der Waals surface area contributed by atoms with E-state index in [9.17, 15) is 20.4 Å². The molecule has 7 heteroatoms. The minimum atomic E-state index is -1.63. The third-order valence-corrected chi connectivity index (χ3v) is 6.47. The van der Waals surface area contributed by atoms with Crippen LogP contribution in [0.4, 0.5) is 0 Å². The van der Waals surface area contributed by atoms with Crippen LogP contribution in [0.3, 0.4) is 0 Å². The highest BCUT2D eigenvalue weighted by atomic mass is 28.3. The van der Waals surface area contributed by atoms with Crippen LogP contribution in [-0.2, 0) is 15.3 Å². The lowest BCUT2D eigenvalue weighted by atomic mass is 9.88. The zero-order valence-corrected chi connectivity index (χ0v) is 14.9. The molecule has 0 saturated carbocycles. The molecule has 5 atom stereocenters. The first kappa shape index (κ1) is 18.5. The molecule has 0 aromatic heterocycles. The minimum absolute atomic E-state index is 0.497. The van der Waals surface area contributed by atoms with Crippen molar-refractivity contribution in [3.05, 3.63) is 29.8 Å². The monoisotopic (exact) mass is 342 g/mol. The zero-order chi connectivity index (χ0) is 17.4. The summed E-state index contributed by atoms with van der Waals surface area (Å²) in [6, 6.07) is 7.51. The van der Waals surface area contributed by atoms with Crippen molar-refractivity contribution < 1.29 is 29.9 Å². The maximum atomic E-state index is 10.4. The van der Waals surface area contributed by atoms with Gasteiger partial charge in [-0.2, -0.15) is 0 Å². The van der Waals surface area contributed by atoms with Crippen molar-refractivity contribution in [2.75, 3.05) is 13.7 Å². The Bertz CT molecular complexity index is 526. The molecule has 0 radical (unpaired) electrons. The van der Waals surface area contributed by atoms with Gasteiger partial charge < -0.3 is 29.9 Å². The van der Waals surface area contributed by atoms with Gasteiger partial charge in [0.1, 0.15) is 24.4 Å². The van der Waals surface area contributed by atoms with Gasteiger partial charge in [0.05, 0.1) is 14.7 Å². The van der Waals surface area contributed by atoms with Crippen LogP contribution in [0.1, 0.15) is 5.56 Å². The van der Waals surface area contributed by atoms with Crippen LogP contribution in [-0.4, -0.2) is 66.6 Å². The van der Waals surface area contributed by atoms with Crippen molar-refractivity contribution in [1.82, 2.24) is 0 Å². The molecule has 1 fully saturated rings. The second kappa shape index (κ2) is 6.60. The fraction of sp³-hybridized carbons (Fsp3) is 0.625. The Kier molecular flexibility index (Phi) is 5.32.